The molecule has 0 unspecified atom stereocenters. The predicted octanol–water partition coefficient (Wildman–Crippen LogP) is 3.09. The van der Waals surface area contributed by atoms with Crippen molar-refractivity contribution in [2.24, 2.45) is 0 Å². The second-order valence-corrected chi connectivity index (χ2v) is 6.76. The van der Waals surface area contributed by atoms with Gasteiger partial charge in [-0.25, -0.2) is 0 Å². The number of benzene rings is 1. The summed E-state index contributed by atoms with van der Waals surface area (Å²) in [5.41, 5.74) is 1.43. The minimum atomic E-state index is 0.263. The highest BCUT2D eigenvalue weighted by Crippen LogP contribution is 2.30. The van der Waals surface area contributed by atoms with Gasteiger partial charge >= 0.3 is 0 Å². The Morgan fingerprint density at radius 1 is 1.09 bits per heavy atom. The number of carbonyl (C=O) groups excluding carboxylic acids is 1. The lowest BCUT2D eigenvalue weighted by Crippen LogP contribution is -2.47. The van der Waals surface area contributed by atoms with Crippen LogP contribution in [0.4, 0.5) is 0 Å². The Kier molecular flexibility index (Phi) is 5.14. The summed E-state index contributed by atoms with van der Waals surface area (Å²) >= 11 is 0. The number of aryl methyl sites for hydroxylation is 1. The largest absolute Gasteiger partial charge is 0.338 e. The SMILES string of the molecule is CC(=O)N1CCC[C@@H]1[C@@H]1CCCN1CCCc1ccccc1. The highest BCUT2D eigenvalue weighted by atomic mass is 16.2. The molecule has 2 aliphatic rings. The predicted molar refractivity (Wildman–Crippen MR) is 89.8 cm³/mol. The first kappa shape index (κ1) is 15.5. The van der Waals surface area contributed by atoms with Gasteiger partial charge in [0.05, 0.1) is 0 Å². The number of rotatable bonds is 5. The molecule has 2 atom stereocenters. The third-order valence-corrected chi connectivity index (χ3v) is 5.32. The van der Waals surface area contributed by atoms with Crippen molar-refractivity contribution in [3.05, 3.63) is 35.9 Å². The summed E-state index contributed by atoms with van der Waals surface area (Å²) in [7, 11) is 0. The third-order valence-electron chi connectivity index (χ3n) is 5.32. The molecule has 1 amide bonds. The van der Waals surface area contributed by atoms with Gasteiger partial charge in [0.1, 0.15) is 0 Å². The molecular weight excluding hydrogens is 272 g/mol. The van der Waals surface area contributed by atoms with Gasteiger partial charge in [0.15, 0.2) is 0 Å². The molecule has 3 heteroatoms. The molecule has 3 nitrogen and oxygen atoms in total. The van der Waals surface area contributed by atoms with E-state index in [4.69, 9.17) is 0 Å². The summed E-state index contributed by atoms with van der Waals surface area (Å²) < 4.78 is 0. The van der Waals surface area contributed by atoms with Gasteiger partial charge in [-0.05, 0) is 57.2 Å². The Balaban J connectivity index is 1.53. The normalized spacial score (nSPS) is 25.8. The highest BCUT2D eigenvalue weighted by molar-refractivity contribution is 5.74. The topological polar surface area (TPSA) is 23.6 Å². The summed E-state index contributed by atoms with van der Waals surface area (Å²) in [6.45, 7) is 5.07. The summed E-state index contributed by atoms with van der Waals surface area (Å²) in [6.07, 6.45) is 7.30. The average Bonchev–Trinajstić information content (AvgIpc) is 3.16. The number of hydrogen-bond acceptors (Lipinski definition) is 2. The zero-order valence-electron chi connectivity index (χ0n) is 13.7. The standard InChI is InChI=1S/C19H28N2O/c1-16(22)21-15-7-12-19(21)18-11-6-14-20(18)13-5-10-17-8-3-2-4-9-17/h2-4,8-9,18-19H,5-7,10-15H2,1H3/t18-,19+/m0/s1. The fraction of sp³-hybridized carbons (Fsp3) is 0.632. The first-order valence-corrected chi connectivity index (χ1v) is 8.81. The summed E-state index contributed by atoms with van der Waals surface area (Å²) in [5.74, 6) is 0.263. The van der Waals surface area contributed by atoms with Crippen LogP contribution < -0.4 is 0 Å². The summed E-state index contributed by atoms with van der Waals surface area (Å²) in [6, 6.07) is 11.8. The van der Waals surface area contributed by atoms with E-state index < -0.39 is 0 Å². The number of nitrogens with zero attached hydrogens (tertiary/aromatic N) is 2. The fourth-order valence-corrected chi connectivity index (χ4v) is 4.28. The zero-order valence-corrected chi connectivity index (χ0v) is 13.7. The maximum absolute atomic E-state index is 11.8. The maximum atomic E-state index is 11.8. The van der Waals surface area contributed by atoms with Crippen LogP contribution in [0.15, 0.2) is 30.3 Å². The zero-order chi connectivity index (χ0) is 15.4. The van der Waals surface area contributed by atoms with Crippen molar-refractivity contribution in [1.82, 2.24) is 9.80 Å². The molecule has 2 saturated heterocycles. The Labute approximate surface area is 134 Å². The van der Waals surface area contributed by atoms with Crippen LogP contribution in [0.3, 0.4) is 0 Å². The molecule has 0 N–H and O–H groups in total. The van der Waals surface area contributed by atoms with Crippen molar-refractivity contribution >= 4 is 5.91 Å². The molecule has 3 rings (SSSR count). The van der Waals surface area contributed by atoms with Crippen molar-refractivity contribution in [3.8, 4) is 0 Å². The summed E-state index contributed by atoms with van der Waals surface area (Å²) in [5, 5.41) is 0. The highest BCUT2D eigenvalue weighted by Gasteiger charge is 2.38. The van der Waals surface area contributed by atoms with Gasteiger partial charge in [0.2, 0.25) is 5.91 Å². The first-order chi connectivity index (χ1) is 10.8. The van der Waals surface area contributed by atoms with Crippen LogP contribution in [0.1, 0.15) is 44.6 Å². The van der Waals surface area contributed by atoms with E-state index in [0.29, 0.717) is 12.1 Å². The number of hydrogen-bond donors (Lipinski definition) is 0. The van der Waals surface area contributed by atoms with Crippen LogP contribution in [0.2, 0.25) is 0 Å². The minimum Gasteiger partial charge on any atom is -0.338 e. The van der Waals surface area contributed by atoms with Crippen LogP contribution in [0.25, 0.3) is 0 Å². The molecule has 120 valence electrons. The van der Waals surface area contributed by atoms with E-state index in [9.17, 15) is 4.79 Å². The number of carbonyl (C=O) groups is 1. The van der Waals surface area contributed by atoms with Gasteiger partial charge in [-0.3, -0.25) is 9.69 Å². The van der Waals surface area contributed by atoms with E-state index in [-0.39, 0.29) is 5.91 Å². The molecule has 22 heavy (non-hydrogen) atoms. The van der Waals surface area contributed by atoms with Crippen molar-refractivity contribution in [1.29, 1.82) is 0 Å². The van der Waals surface area contributed by atoms with Gasteiger partial charge < -0.3 is 4.90 Å². The Hall–Kier alpha value is -1.35. The molecule has 0 aromatic heterocycles. The smallest absolute Gasteiger partial charge is 0.219 e. The lowest BCUT2D eigenvalue weighted by Gasteiger charge is -2.34. The Bertz CT molecular complexity index is 487. The monoisotopic (exact) mass is 300 g/mol. The summed E-state index contributed by atoms with van der Waals surface area (Å²) in [4.78, 5) is 16.6. The van der Waals surface area contributed by atoms with Crippen LogP contribution >= 0.6 is 0 Å². The molecule has 1 aromatic rings. The van der Waals surface area contributed by atoms with Crippen molar-refractivity contribution in [3.63, 3.8) is 0 Å². The second-order valence-electron chi connectivity index (χ2n) is 6.76. The van der Waals surface area contributed by atoms with Gasteiger partial charge in [-0.2, -0.15) is 0 Å². The van der Waals surface area contributed by atoms with Gasteiger partial charge in [-0.1, -0.05) is 30.3 Å². The van der Waals surface area contributed by atoms with Crippen LogP contribution in [-0.2, 0) is 11.2 Å². The van der Waals surface area contributed by atoms with E-state index in [1.807, 2.05) is 0 Å². The molecule has 0 radical (unpaired) electrons. The molecule has 0 spiro atoms. The van der Waals surface area contributed by atoms with E-state index in [1.54, 1.807) is 6.92 Å². The molecule has 1 aromatic carbocycles. The van der Waals surface area contributed by atoms with E-state index in [1.165, 1.54) is 50.8 Å². The first-order valence-electron chi connectivity index (χ1n) is 8.81. The molecule has 2 heterocycles. The van der Waals surface area contributed by atoms with Crippen LogP contribution in [0, 0.1) is 0 Å². The molecule has 0 saturated carbocycles. The van der Waals surface area contributed by atoms with E-state index in [2.05, 4.69) is 40.1 Å². The fourth-order valence-electron chi connectivity index (χ4n) is 4.28. The number of amides is 1. The van der Waals surface area contributed by atoms with Gasteiger partial charge in [-0.15, -0.1) is 0 Å². The third kappa shape index (κ3) is 3.52. The van der Waals surface area contributed by atoms with Crippen LogP contribution in [0.5, 0.6) is 0 Å². The van der Waals surface area contributed by atoms with Crippen LogP contribution in [-0.4, -0.2) is 47.4 Å². The molecule has 0 aliphatic carbocycles. The van der Waals surface area contributed by atoms with Crippen molar-refractivity contribution < 1.29 is 4.79 Å². The lowest BCUT2D eigenvalue weighted by molar-refractivity contribution is -0.130. The van der Waals surface area contributed by atoms with Gasteiger partial charge in [0.25, 0.3) is 0 Å². The lowest BCUT2D eigenvalue weighted by atomic mass is 10.0. The Morgan fingerprint density at radius 3 is 2.59 bits per heavy atom. The molecule has 0 bridgehead atoms. The second kappa shape index (κ2) is 7.28. The average molecular weight is 300 g/mol. The van der Waals surface area contributed by atoms with E-state index in [0.717, 1.165) is 13.0 Å². The quantitative estimate of drug-likeness (QED) is 0.834. The number of likely N-dealkylation sites (tertiary alicyclic amines) is 2. The molecule has 2 fully saturated rings. The van der Waals surface area contributed by atoms with E-state index >= 15 is 0 Å². The molecule has 2 aliphatic heterocycles. The van der Waals surface area contributed by atoms with Gasteiger partial charge in [0, 0.05) is 25.6 Å². The molecular formula is C19H28N2O. The minimum absolute atomic E-state index is 0.263. The Morgan fingerprint density at radius 2 is 1.82 bits per heavy atom. The van der Waals surface area contributed by atoms with Crippen molar-refractivity contribution in [2.45, 2.75) is 57.5 Å². The maximum Gasteiger partial charge on any atom is 0.219 e. The van der Waals surface area contributed by atoms with Crippen molar-refractivity contribution in [2.75, 3.05) is 19.6 Å².